The van der Waals surface area contributed by atoms with Crippen LogP contribution in [0.1, 0.15) is 11.6 Å². The summed E-state index contributed by atoms with van der Waals surface area (Å²) < 4.78 is 41.8. The molecular weight excluding hydrogens is 479 g/mol. The fourth-order valence-corrected chi connectivity index (χ4v) is 4.31. The predicted octanol–water partition coefficient (Wildman–Crippen LogP) is 6.69. The Kier molecular flexibility index (Phi) is 5.38. The van der Waals surface area contributed by atoms with Crippen LogP contribution in [0.15, 0.2) is 55.9 Å². The lowest BCUT2D eigenvalue weighted by Crippen LogP contribution is -2.28. The van der Waals surface area contributed by atoms with E-state index in [1.165, 1.54) is 12.1 Å². The lowest BCUT2D eigenvalue weighted by Gasteiger charge is -2.24. The van der Waals surface area contributed by atoms with E-state index in [-0.39, 0.29) is 5.56 Å². The van der Waals surface area contributed by atoms with Gasteiger partial charge in [-0.1, -0.05) is 46.3 Å². The number of nitrogens with one attached hydrogen (secondary N) is 1. The molecule has 2 aromatic carbocycles. The van der Waals surface area contributed by atoms with Crippen LogP contribution in [0.5, 0.6) is 0 Å². The van der Waals surface area contributed by atoms with Crippen LogP contribution in [0.3, 0.4) is 0 Å². The van der Waals surface area contributed by atoms with Gasteiger partial charge in [0.2, 0.25) is 0 Å². The van der Waals surface area contributed by atoms with Crippen LogP contribution in [-0.2, 0) is 0 Å². The number of rotatable bonds is 3. The maximum atomic E-state index is 13.3. The SMILES string of the molecule is FC(F)(F)C(Nc1c(Br)cc(Br)cc1Br)c1ccccc1. The van der Waals surface area contributed by atoms with Crippen LogP contribution < -0.4 is 5.32 Å². The number of halogens is 6. The van der Waals surface area contributed by atoms with Crippen molar-refractivity contribution in [3.8, 4) is 0 Å². The smallest absolute Gasteiger partial charge is 0.369 e. The van der Waals surface area contributed by atoms with Gasteiger partial charge in [-0.2, -0.15) is 13.2 Å². The third kappa shape index (κ3) is 4.23. The van der Waals surface area contributed by atoms with Crippen LogP contribution in [0.2, 0.25) is 0 Å². The van der Waals surface area contributed by atoms with E-state index in [0.717, 1.165) is 4.47 Å². The Bertz CT molecular complexity index is 606. The Hall–Kier alpha value is -0.530. The molecule has 0 aliphatic rings. The molecular formula is C14H9Br3F3N. The lowest BCUT2D eigenvalue weighted by atomic mass is 10.1. The van der Waals surface area contributed by atoms with Gasteiger partial charge in [0.25, 0.3) is 0 Å². The van der Waals surface area contributed by atoms with Gasteiger partial charge in [-0.25, -0.2) is 0 Å². The Morgan fingerprint density at radius 2 is 1.43 bits per heavy atom. The summed E-state index contributed by atoms with van der Waals surface area (Å²) in [6, 6.07) is 9.34. The fraction of sp³-hybridized carbons (Fsp3) is 0.143. The minimum atomic E-state index is -4.41. The molecule has 112 valence electrons. The number of anilines is 1. The highest BCUT2D eigenvalue weighted by Crippen LogP contribution is 2.41. The Morgan fingerprint density at radius 3 is 1.90 bits per heavy atom. The molecule has 2 rings (SSSR count). The molecule has 0 heterocycles. The van der Waals surface area contributed by atoms with Crippen molar-refractivity contribution in [3.05, 3.63) is 61.4 Å². The number of alkyl halides is 3. The summed E-state index contributed by atoms with van der Waals surface area (Å²) in [7, 11) is 0. The van der Waals surface area contributed by atoms with E-state index in [4.69, 9.17) is 0 Å². The quantitative estimate of drug-likeness (QED) is 0.508. The average molecular weight is 488 g/mol. The second-order valence-corrected chi connectivity index (χ2v) is 6.90. The predicted molar refractivity (Wildman–Crippen MR) is 88.4 cm³/mol. The molecule has 0 spiro atoms. The Morgan fingerprint density at radius 1 is 0.905 bits per heavy atom. The zero-order valence-electron chi connectivity index (χ0n) is 10.4. The molecule has 1 atom stereocenters. The maximum absolute atomic E-state index is 13.3. The second kappa shape index (κ2) is 6.71. The third-order valence-corrected chi connectivity index (χ3v) is 4.46. The zero-order valence-corrected chi connectivity index (χ0v) is 15.1. The molecule has 0 aliphatic heterocycles. The standard InChI is InChI=1S/C14H9Br3F3N/c15-9-6-10(16)12(11(17)7-9)21-13(14(18,19)20)8-4-2-1-3-5-8/h1-7,13,21H. The van der Waals surface area contributed by atoms with Crippen molar-refractivity contribution in [1.29, 1.82) is 0 Å². The first kappa shape index (κ1) is 16.8. The van der Waals surface area contributed by atoms with Crippen LogP contribution in [0.25, 0.3) is 0 Å². The van der Waals surface area contributed by atoms with Crippen molar-refractivity contribution in [3.63, 3.8) is 0 Å². The highest BCUT2D eigenvalue weighted by Gasteiger charge is 2.41. The molecule has 1 nitrogen and oxygen atoms in total. The van der Waals surface area contributed by atoms with Crippen molar-refractivity contribution in [2.45, 2.75) is 12.2 Å². The topological polar surface area (TPSA) is 12.0 Å². The highest BCUT2D eigenvalue weighted by atomic mass is 79.9. The molecule has 0 saturated heterocycles. The summed E-state index contributed by atoms with van der Waals surface area (Å²) in [5.41, 5.74) is 0.510. The first-order valence-corrected chi connectivity index (χ1v) is 8.19. The molecule has 0 radical (unpaired) electrons. The van der Waals surface area contributed by atoms with Crippen LogP contribution in [0.4, 0.5) is 18.9 Å². The lowest BCUT2D eigenvalue weighted by molar-refractivity contribution is -0.144. The minimum Gasteiger partial charge on any atom is -0.369 e. The second-order valence-electron chi connectivity index (χ2n) is 4.27. The Labute approximate surface area is 145 Å². The Balaban J connectivity index is 2.42. The van der Waals surface area contributed by atoms with Crippen molar-refractivity contribution < 1.29 is 13.2 Å². The molecule has 2 aromatic rings. The number of hydrogen-bond donors (Lipinski definition) is 1. The van der Waals surface area contributed by atoms with Crippen LogP contribution in [-0.4, -0.2) is 6.18 Å². The van der Waals surface area contributed by atoms with Gasteiger partial charge in [-0.15, -0.1) is 0 Å². The van der Waals surface area contributed by atoms with Gasteiger partial charge in [0.05, 0.1) is 5.69 Å². The summed E-state index contributed by atoms with van der Waals surface area (Å²) in [6.45, 7) is 0. The fourth-order valence-electron chi connectivity index (χ4n) is 1.82. The molecule has 7 heteroatoms. The highest BCUT2D eigenvalue weighted by molar-refractivity contribution is 9.11. The molecule has 0 aliphatic carbocycles. The van der Waals surface area contributed by atoms with Crippen molar-refractivity contribution in [2.24, 2.45) is 0 Å². The van der Waals surface area contributed by atoms with Crippen LogP contribution >= 0.6 is 47.8 Å². The summed E-state index contributed by atoms with van der Waals surface area (Å²) in [6.07, 6.45) is -4.41. The van der Waals surface area contributed by atoms with E-state index in [9.17, 15) is 13.2 Å². The molecule has 21 heavy (non-hydrogen) atoms. The van der Waals surface area contributed by atoms with Crippen molar-refractivity contribution in [1.82, 2.24) is 0 Å². The molecule has 0 bridgehead atoms. The van der Waals surface area contributed by atoms with E-state index in [1.807, 2.05) is 0 Å². The number of benzene rings is 2. The van der Waals surface area contributed by atoms with Crippen molar-refractivity contribution >= 4 is 53.5 Å². The van der Waals surface area contributed by atoms with Crippen LogP contribution in [0, 0.1) is 0 Å². The van der Waals surface area contributed by atoms with E-state index in [1.54, 1.807) is 30.3 Å². The van der Waals surface area contributed by atoms with E-state index < -0.39 is 12.2 Å². The number of hydrogen-bond acceptors (Lipinski definition) is 1. The monoisotopic (exact) mass is 485 g/mol. The largest absolute Gasteiger partial charge is 0.412 e. The van der Waals surface area contributed by atoms with Gasteiger partial charge in [-0.05, 0) is 49.6 Å². The van der Waals surface area contributed by atoms with Crippen molar-refractivity contribution in [2.75, 3.05) is 5.32 Å². The zero-order chi connectivity index (χ0) is 15.6. The minimum absolute atomic E-state index is 0.159. The average Bonchev–Trinajstić information content (AvgIpc) is 2.37. The summed E-state index contributed by atoms with van der Waals surface area (Å²) in [5, 5.41) is 2.56. The molecule has 1 unspecified atom stereocenters. The normalized spacial score (nSPS) is 13.0. The molecule has 0 fully saturated rings. The third-order valence-electron chi connectivity index (χ3n) is 2.76. The van der Waals surface area contributed by atoms with Gasteiger partial charge >= 0.3 is 6.18 Å². The van der Waals surface area contributed by atoms with Gasteiger partial charge < -0.3 is 5.32 Å². The van der Waals surface area contributed by atoms with E-state index in [0.29, 0.717) is 14.6 Å². The molecule has 0 amide bonds. The molecule has 1 N–H and O–H groups in total. The summed E-state index contributed by atoms with van der Waals surface area (Å²) in [4.78, 5) is 0. The first-order chi connectivity index (χ1) is 9.79. The summed E-state index contributed by atoms with van der Waals surface area (Å²) >= 11 is 9.84. The maximum Gasteiger partial charge on any atom is 0.412 e. The van der Waals surface area contributed by atoms with Gasteiger partial charge in [0.15, 0.2) is 0 Å². The van der Waals surface area contributed by atoms with E-state index in [2.05, 4.69) is 53.1 Å². The van der Waals surface area contributed by atoms with Gasteiger partial charge in [0.1, 0.15) is 6.04 Å². The van der Waals surface area contributed by atoms with Gasteiger partial charge in [-0.3, -0.25) is 0 Å². The summed E-state index contributed by atoms with van der Waals surface area (Å²) in [5.74, 6) is 0. The molecule has 0 saturated carbocycles. The molecule has 0 aromatic heterocycles. The first-order valence-electron chi connectivity index (χ1n) is 5.82. The van der Waals surface area contributed by atoms with Gasteiger partial charge in [0, 0.05) is 13.4 Å². The van der Waals surface area contributed by atoms with E-state index >= 15 is 0 Å².